The second kappa shape index (κ2) is 4.71. The first kappa shape index (κ1) is 11.2. The van der Waals surface area contributed by atoms with E-state index in [9.17, 15) is 4.79 Å². The lowest BCUT2D eigenvalue weighted by Crippen LogP contribution is -1.90. The van der Waals surface area contributed by atoms with E-state index < -0.39 is 5.97 Å². The second-order valence-electron chi connectivity index (χ2n) is 3.18. The Morgan fingerprint density at radius 2 is 2.50 bits per heavy atom. The van der Waals surface area contributed by atoms with Gasteiger partial charge in [0.25, 0.3) is 0 Å². The number of H-pyrrole nitrogens is 1. The van der Waals surface area contributed by atoms with Crippen molar-refractivity contribution < 1.29 is 9.90 Å². The highest BCUT2D eigenvalue weighted by Crippen LogP contribution is 2.27. The second-order valence-corrected chi connectivity index (χ2v) is 5.40. The summed E-state index contributed by atoms with van der Waals surface area (Å²) in [6, 6.07) is 1.73. The third kappa shape index (κ3) is 2.45. The first-order chi connectivity index (χ1) is 7.66. The largest absolute Gasteiger partial charge is 0.477 e. The standard InChI is InChI=1S/C10H10N2O2S2/c1-6-7(4-8(16-6)9(13)14)5-15-10-11-2-3-12-10/h2-4H,5H2,1H3,(H,11,12)(H,13,14). The van der Waals surface area contributed by atoms with Gasteiger partial charge in [-0.1, -0.05) is 11.8 Å². The van der Waals surface area contributed by atoms with E-state index in [1.807, 2.05) is 6.92 Å². The lowest BCUT2D eigenvalue weighted by molar-refractivity contribution is 0.0702. The number of hydrogen-bond acceptors (Lipinski definition) is 4. The molecular weight excluding hydrogens is 244 g/mol. The van der Waals surface area contributed by atoms with Crippen molar-refractivity contribution in [1.82, 2.24) is 9.97 Å². The monoisotopic (exact) mass is 254 g/mol. The molecule has 16 heavy (non-hydrogen) atoms. The Morgan fingerprint density at radius 1 is 1.69 bits per heavy atom. The fourth-order valence-corrected chi connectivity index (χ4v) is 3.10. The molecule has 6 heteroatoms. The van der Waals surface area contributed by atoms with Gasteiger partial charge in [0.05, 0.1) is 0 Å². The minimum Gasteiger partial charge on any atom is -0.477 e. The molecule has 2 aromatic heterocycles. The molecular formula is C10H10N2O2S2. The summed E-state index contributed by atoms with van der Waals surface area (Å²) in [6.45, 7) is 1.94. The molecule has 2 N–H and O–H groups in total. The molecule has 0 saturated heterocycles. The van der Waals surface area contributed by atoms with Gasteiger partial charge in [-0.3, -0.25) is 0 Å². The quantitative estimate of drug-likeness (QED) is 0.823. The summed E-state index contributed by atoms with van der Waals surface area (Å²) in [5.41, 5.74) is 1.06. The van der Waals surface area contributed by atoms with Crippen LogP contribution in [0.15, 0.2) is 23.6 Å². The average Bonchev–Trinajstić information content (AvgIpc) is 2.84. The first-order valence-electron chi connectivity index (χ1n) is 4.61. The number of carboxylic acid groups (broad SMARTS) is 1. The maximum atomic E-state index is 10.8. The number of aryl methyl sites for hydroxylation is 1. The summed E-state index contributed by atoms with van der Waals surface area (Å²) in [5.74, 6) is -0.120. The number of aromatic carboxylic acids is 1. The summed E-state index contributed by atoms with van der Waals surface area (Å²) in [5, 5.41) is 9.71. The lowest BCUT2D eigenvalue weighted by Gasteiger charge is -1.96. The van der Waals surface area contributed by atoms with Gasteiger partial charge in [0.15, 0.2) is 5.16 Å². The Morgan fingerprint density at radius 3 is 3.06 bits per heavy atom. The van der Waals surface area contributed by atoms with Crippen LogP contribution < -0.4 is 0 Å². The number of carbonyl (C=O) groups is 1. The molecule has 0 bridgehead atoms. The fourth-order valence-electron chi connectivity index (χ4n) is 1.24. The molecule has 0 spiro atoms. The number of thiophene rings is 1. The zero-order chi connectivity index (χ0) is 11.5. The zero-order valence-electron chi connectivity index (χ0n) is 8.56. The number of nitrogens with zero attached hydrogens (tertiary/aromatic N) is 1. The molecule has 0 unspecified atom stereocenters. The first-order valence-corrected chi connectivity index (χ1v) is 6.42. The van der Waals surface area contributed by atoms with Gasteiger partial charge in [-0.05, 0) is 18.6 Å². The summed E-state index contributed by atoms with van der Waals surface area (Å²) in [6.07, 6.45) is 3.47. The van der Waals surface area contributed by atoms with Crippen LogP contribution >= 0.6 is 23.1 Å². The van der Waals surface area contributed by atoms with Crippen molar-refractivity contribution in [2.24, 2.45) is 0 Å². The van der Waals surface area contributed by atoms with E-state index in [4.69, 9.17) is 5.11 Å². The maximum Gasteiger partial charge on any atom is 0.345 e. The average molecular weight is 254 g/mol. The van der Waals surface area contributed by atoms with E-state index in [2.05, 4.69) is 9.97 Å². The van der Waals surface area contributed by atoms with Crippen LogP contribution in [0.3, 0.4) is 0 Å². The highest BCUT2D eigenvalue weighted by atomic mass is 32.2. The SMILES string of the molecule is Cc1sc(C(=O)O)cc1CSc1ncc[nH]1. The predicted octanol–water partition coefficient (Wildman–Crippen LogP) is 2.77. The van der Waals surface area contributed by atoms with E-state index in [0.29, 0.717) is 4.88 Å². The summed E-state index contributed by atoms with van der Waals surface area (Å²) < 4.78 is 0. The zero-order valence-corrected chi connectivity index (χ0v) is 10.2. The third-order valence-corrected chi connectivity index (χ3v) is 4.10. The van der Waals surface area contributed by atoms with Gasteiger partial charge in [-0.15, -0.1) is 11.3 Å². The number of aromatic nitrogens is 2. The van der Waals surface area contributed by atoms with Crippen molar-refractivity contribution in [3.05, 3.63) is 33.8 Å². The molecule has 4 nitrogen and oxygen atoms in total. The van der Waals surface area contributed by atoms with Gasteiger partial charge in [0, 0.05) is 23.0 Å². The molecule has 0 atom stereocenters. The highest BCUT2D eigenvalue weighted by molar-refractivity contribution is 7.98. The van der Waals surface area contributed by atoms with Crippen LogP contribution in [0, 0.1) is 6.92 Å². The molecule has 0 aliphatic carbocycles. The number of imidazole rings is 1. The van der Waals surface area contributed by atoms with Gasteiger partial charge in [0.1, 0.15) is 4.88 Å². The predicted molar refractivity (Wildman–Crippen MR) is 64.2 cm³/mol. The van der Waals surface area contributed by atoms with Crippen LogP contribution in [-0.2, 0) is 5.75 Å². The molecule has 2 aromatic rings. The summed E-state index contributed by atoms with van der Waals surface area (Å²) >= 11 is 2.88. The molecule has 0 aromatic carbocycles. The third-order valence-electron chi connectivity index (χ3n) is 2.07. The molecule has 0 saturated carbocycles. The molecule has 84 valence electrons. The van der Waals surface area contributed by atoms with Crippen molar-refractivity contribution in [3.8, 4) is 0 Å². The van der Waals surface area contributed by atoms with Gasteiger partial charge >= 0.3 is 5.97 Å². The van der Waals surface area contributed by atoms with Crippen LogP contribution in [0.4, 0.5) is 0 Å². The maximum absolute atomic E-state index is 10.8. The van der Waals surface area contributed by atoms with Gasteiger partial charge in [-0.2, -0.15) is 0 Å². The molecule has 0 fully saturated rings. The van der Waals surface area contributed by atoms with Crippen LogP contribution in [0.5, 0.6) is 0 Å². The van der Waals surface area contributed by atoms with Gasteiger partial charge in [-0.25, -0.2) is 9.78 Å². The Kier molecular flexibility index (Phi) is 3.31. The van der Waals surface area contributed by atoms with E-state index in [-0.39, 0.29) is 0 Å². The Hall–Kier alpha value is -1.27. The molecule has 2 heterocycles. The number of thioether (sulfide) groups is 1. The van der Waals surface area contributed by atoms with Crippen molar-refractivity contribution in [2.75, 3.05) is 0 Å². The minimum atomic E-state index is -0.859. The van der Waals surface area contributed by atoms with Crippen molar-refractivity contribution in [1.29, 1.82) is 0 Å². The van der Waals surface area contributed by atoms with Crippen LogP contribution in [-0.4, -0.2) is 21.0 Å². The van der Waals surface area contributed by atoms with Crippen molar-refractivity contribution in [2.45, 2.75) is 17.8 Å². The Labute approximate surface area is 101 Å². The van der Waals surface area contributed by atoms with Crippen LogP contribution in [0.1, 0.15) is 20.1 Å². The molecule has 0 radical (unpaired) electrons. The van der Waals surface area contributed by atoms with Crippen LogP contribution in [0.25, 0.3) is 0 Å². The highest BCUT2D eigenvalue weighted by Gasteiger charge is 2.11. The Bertz CT molecular complexity index is 491. The van der Waals surface area contributed by atoms with E-state index in [1.54, 1.807) is 30.2 Å². The molecule has 0 aliphatic rings. The Balaban J connectivity index is 2.07. The normalized spacial score (nSPS) is 10.6. The van der Waals surface area contributed by atoms with Gasteiger partial charge in [0.2, 0.25) is 0 Å². The van der Waals surface area contributed by atoms with E-state index in [1.165, 1.54) is 11.3 Å². The van der Waals surface area contributed by atoms with Crippen molar-refractivity contribution in [3.63, 3.8) is 0 Å². The lowest BCUT2D eigenvalue weighted by atomic mass is 10.3. The van der Waals surface area contributed by atoms with E-state index >= 15 is 0 Å². The van der Waals surface area contributed by atoms with E-state index in [0.717, 1.165) is 21.3 Å². The number of rotatable bonds is 4. The van der Waals surface area contributed by atoms with Crippen LogP contribution in [0.2, 0.25) is 0 Å². The summed E-state index contributed by atoms with van der Waals surface area (Å²) in [4.78, 5) is 19.3. The summed E-state index contributed by atoms with van der Waals surface area (Å²) in [7, 11) is 0. The molecule has 0 amide bonds. The molecule has 0 aliphatic heterocycles. The number of nitrogens with one attached hydrogen (secondary N) is 1. The molecule has 2 rings (SSSR count). The number of carboxylic acids is 1. The smallest absolute Gasteiger partial charge is 0.345 e. The minimum absolute atomic E-state index is 0.396. The number of aromatic amines is 1. The fraction of sp³-hybridized carbons (Fsp3) is 0.200. The van der Waals surface area contributed by atoms with Crippen molar-refractivity contribution >= 4 is 29.1 Å². The topological polar surface area (TPSA) is 66.0 Å². The van der Waals surface area contributed by atoms with Gasteiger partial charge < -0.3 is 10.1 Å². The number of hydrogen-bond donors (Lipinski definition) is 2.